The first-order chi connectivity index (χ1) is 7.68. The molecule has 0 unspecified atom stereocenters. The fourth-order valence-corrected chi connectivity index (χ4v) is 1.24. The van der Waals surface area contributed by atoms with Gasteiger partial charge in [0.05, 0.1) is 0 Å². The van der Waals surface area contributed by atoms with Crippen LogP contribution in [0.15, 0.2) is 40.9 Å². The summed E-state index contributed by atoms with van der Waals surface area (Å²) in [5.74, 6) is 0.527. The lowest BCUT2D eigenvalue weighted by Gasteiger charge is -2.02. The van der Waals surface area contributed by atoms with Crippen molar-refractivity contribution in [2.75, 3.05) is 13.2 Å². The first-order valence-corrected chi connectivity index (χ1v) is 5.64. The largest absolute Gasteiger partial charge is 0.490 e. The molecule has 0 heterocycles. The maximum absolute atomic E-state index is 10.4. The molecule has 4 heteroatoms. The van der Waals surface area contributed by atoms with Gasteiger partial charge in [-0.1, -0.05) is 15.9 Å². The van der Waals surface area contributed by atoms with E-state index >= 15 is 0 Å². The van der Waals surface area contributed by atoms with Crippen molar-refractivity contribution in [2.45, 2.75) is 6.92 Å². The van der Waals surface area contributed by atoms with E-state index in [1.807, 2.05) is 30.3 Å². The highest BCUT2D eigenvalue weighted by Crippen LogP contribution is 2.15. The minimum Gasteiger partial charge on any atom is -0.490 e. The summed E-state index contributed by atoms with van der Waals surface area (Å²) in [7, 11) is 0. The second kappa shape index (κ2) is 7.06. The third kappa shape index (κ3) is 5.56. The lowest BCUT2D eigenvalue weighted by molar-refractivity contribution is -0.139. The molecule has 0 aliphatic rings. The average molecular weight is 285 g/mol. The number of esters is 1. The number of carbonyl (C=O) groups is 1. The van der Waals surface area contributed by atoms with Crippen molar-refractivity contribution in [3.05, 3.63) is 40.9 Å². The molecule has 3 nitrogen and oxygen atoms in total. The van der Waals surface area contributed by atoms with Gasteiger partial charge in [0.1, 0.15) is 19.0 Å². The molecule has 0 atom stereocenters. The smallest absolute Gasteiger partial charge is 0.302 e. The van der Waals surface area contributed by atoms with E-state index in [0.717, 1.165) is 10.2 Å². The van der Waals surface area contributed by atoms with E-state index in [-0.39, 0.29) is 5.97 Å². The van der Waals surface area contributed by atoms with Crippen molar-refractivity contribution in [3.63, 3.8) is 0 Å². The second-order valence-electron chi connectivity index (χ2n) is 3.04. The van der Waals surface area contributed by atoms with E-state index in [9.17, 15) is 4.79 Å². The van der Waals surface area contributed by atoms with Crippen molar-refractivity contribution < 1.29 is 14.3 Å². The Hall–Kier alpha value is -1.29. The first kappa shape index (κ1) is 12.8. The summed E-state index contributed by atoms with van der Waals surface area (Å²) in [6.45, 7) is 2.13. The Balaban J connectivity index is 2.20. The maximum Gasteiger partial charge on any atom is 0.302 e. The lowest BCUT2D eigenvalue weighted by Crippen LogP contribution is -1.98. The molecular weight excluding hydrogens is 272 g/mol. The van der Waals surface area contributed by atoms with Crippen LogP contribution in [0, 0.1) is 0 Å². The molecule has 0 bridgehead atoms. The SMILES string of the molecule is CC(=O)OCC=CCOc1ccc(Br)cc1. The highest BCUT2D eigenvalue weighted by molar-refractivity contribution is 9.10. The predicted octanol–water partition coefficient (Wildman–Crippen LogP) is 2.95. The summed E-state index contributed by atoms with van der Waals surface area (Å²) in [5.41, 5.74) is 0. The van der Waals surface area contributed by atoms with Crippen molar-refractivity contribution in [2.24, 2.45) is 0 Å². The molecular formula is C12H13BrO3. The molecule has 0 spiro atoms. The van der Waals surface area contributed by atoms with Gasteiger partial charge >= 0.3 is 5.97 Å². The molecule has 0 amide bonds. The van der Waals surface area contributed by atoms with Crippen molar-refractivity contribution in [1.29, 1.82) is 0 Å². The van der Waals surface area contributed by atoms with Gasteiger partial charge in [-0.3, -0.25) is 4.79 Å². The summed E-state index contributed by atoms with van der Waals surface area (Å²) in [4.78, 5) is 10.4. The standard InChI is InChI=1S/C12H13BrO3/c1-10(14)15-8-2-3-9-16-12-6-4-11(13)5-7-12/h2-7H,8-9H2,1H3. The van der Waals surface area contributed by atoms with Gasteiger partial charge in [-0.15, -0.1) is 0 Å². The van der Waals surface area contributed by atoms with E-state index in [1.165, 1.54) is 6.92 Å². The fourth-order valence-electron chi connectivity index (χ4n) is 0.977. The number of ether oxygens (including phenoxy) is 2. The Bertz CT molecular complexity index is 357. The number of hydrogen-bond acceptors (Lipinski definition) is 3. The van der Waals surface area contributed by atoms with Crippen LogP contribution in [0.25, 0.3) is 0 Å². The molecule has 0 fully saturated rings. The number of rotatable bonds is 5. The minimum absolute atomic E-state index is 0.279. The molecule has 0 saturated heterocycles. The Labute approximate surface area is 103 Å². The van der Waals surface area contributed by atoms with E-state index < -0.39 is 0 Å². The first-order valence-electron chi connectivity index (χ1n) is 4.85. The molecule has 1 rings (SSSR count). The summed E-state index contributed by atoms with van der Waals surface area (Å²) in [6, 6.07) is 7.59. The molecule has 0 saturated carbocycles. The number of halogens is 1. The summed E-state index contributed by atoms with van der Waals surface area (Å²) in [6.07, 6.45) is 3.56. The molecule has 16 heavy (non-hydrogen) atoms. The number of carbonyl (C=O) groups excluding carboxylic acids is 1. The molecule has 0 aliphatic heterocycles. The van der Waals surface area contributed by atoms with Crippen LogP contribution >= 0.6 is 15.9 Å². The number of benzene rings is 1. The molecule has 86 valence electrons. The zero-order valence-electron chi connectivity index (χ0n) is 8.98. The summed E-state index contributed by atoms with van der Waals surface area (Å²) in [5, 5.41) is 0. The number of hydrogen-bond donors (Lipinski definition) is 0. The Morgan fingerprint density at radius 2 is 1.88 bits per heavy atom. The molecule has 1 aromatic carbocycles. The van der Waals surface area contributed by atoms with E-state index in [4.69, 9.17) is 9.47 Å². The monoisotopic (exact) mass is 284 g/mol. The van der Waals surface area contributed by atoms with Crippen LogP contribution < -0.4 is 4.74 Å². The van der Waals surface area contributed by atoms with Crippen molar-refractivity contribution >= 4 is 21.9 Å². The molecule has 0 radical (unpaired) electrons. The second-order valence-corrected chi connectivity index (χ2v) is 3.95. The fraction of sp³-hybridized carbons (Fsp3) is 0.250. The third-order valence-electron chi connectivity index (χ3n) is 1.71. The van der Waals surface area contributed by atoms with Crippen LogP contribution in [0.1, 0.15) is 6.92 Å². The van der Waals surface area contributed by atoms with Crippen LogP contribution in [0.4, 0.5) is 0 Å². The van der Waals surface area contributed by atoms with Crippen molar-refractivity contribution in [1.82, 2.24) is 0 Å². The zero-order valence-corrected chi connectivity index (χ0v) is 10.6. The third-order valence-corrected chi connectivity index (χ3v) is 2.24. The summed E-state index contributed by atoms with van der Waals surface area (Å²) < 4.78 is 11.2. The van der Waals surface area contributed by atoms with Gasteiger partial charge in [0.2, 0.25) is 0 Å². The van der Waals surface area contributed by atoms with E-state index in [2.05, 4.69) is 15.9 Å². The van der Waals surface area contributed by atoms with Crippen LogP contribution in [0.3, 0.4) is 0 Å². The topological polar surface area (TPSA) is 35.5 Å². The average Bonchev–Trinajstić information content (AvgIpc) is 2.25. The molecule has 0 aliphatic carbocycles. The van der Waals surface area contributed by atoms with Gasteiger partial charge in [0.25, 0.3) is 0 Å². The minimum atomic E-state index is -0.279. The van der Waals surface area contributed by atoms with Gasteiger partial charge < -0.3 is 9.47 Å². The van der Waals surface area contributed by atoms with Gasteiger partial charge in [0.15, 0.2) is 0 Å². The lowest BCUT2D eigenvalue weighted by atomic mass is 10.3. The van der Waals surface area contributed by atoms with Gasteiger partial charge in [-0.05, 0) is 36.4 Å². The van der Waals surface area contributed by atoms with E-state index in [0.29, 0.717) is 13.2 Å². The zero-order chi connectivity index (χ0) is 11.8. The predicted molar refractivity (Wildman–Crippen MR) is 65.4 cm³/mol. The highest BCUT2D eigenvalue weighted by atomic mass is 79.9. The molecule has 0 aromatic heterocycles. The van der Waals surface area contributed by atoms with Crippen molar-refractivity contribution in [3.8, 4) is 5.75 Å². The normalized spacial score (nSPS) is 10.4. The summed E-state index contributed by atoms with van der Waals surface area (Å²) >= 11 is 3.34. The molecule has 0 N–H and O–H groups in total. The molecule has 1 aromatic rings. The van der Waals surface area contributed by atoms with Crippen LogP contribution in [0.2, 0.25) is 0 Å². The van der Waals surface area contributed by atoms with Crippen LogP contribution in [0.5, 0.6) is 5.75 Å². The highest BCUT2D eigenvalue weighted by Gasteiger charge is 1.91. The van der Waals surface area contributed by atoms with Crippen LogP contribution in [-0.4, -0.2) is 19.2 Å². The Morgan fingerprint density at radius 1 is 1.25 bits per heavy atom. The van der Waals surface area contributed by atoms with Gasteiger partial charge in [-0.2, -0.15) is 0 Å². The Morgan fingerprint density at radius 3 is 2.50 bits per heavy atom. The maximum atomic E-state index is 10.4. The quantitative estimate of drug-likeness (QED) is 0.616. The van der Waals surface area contributed by atoms with Crippen LogP contribution in [-0.2, 0) is 9.53 Å². The van der Waals surface area contributed by atoms with E-state index in [1.54, 1.807) is 6.08 Å². The van der Waals surface area contributed by atoms with Gasteiger partial charge in [-0.25, -0.2) is 0 Å². The van der Waals surface area contributed by atoms with Gasteiger partial charge in [0, 0.05) is 11.4 Å². The Kier molecular flexibility index (Phi) is 5.64.